The van der Waals surface area contributed by atoms with Crippen molar-refractivity contribution in [3.63, 3.8) is 0 Å². The van der Waals surface area contributed by atoms with Crippen LogP contribution < -0.4 is 0 Å². The molecule has 0 aliphatic carbocycles. The topological polar surface area (TPSA) is 50.2 Å². The molecule has 0 fully saturated rings. The third-order valence-corrected chi connectivity index (χ3v) is 5.08. The predicted molar refractivity (Wildman–Crippen MR) is 122 cm³/mol. The first-order valence-electron chi connectivity index (χ1n) is 10.3. The van der Waals surface area contributed by atoms with Gasteiger partial charge in [0.05, 0.1) is 12.0 Å². The molecule has 0 saturated carbocycles. The molecule has 1 N–H and O–H groups in total. The zero-order chi connectivity index (χ0) is 20.9. The van der Waals surface area contributed by atoms with Gasteiger partial charge in [-0.2, -0.15) is 0 Å². The molecule has 1 unspecified atom stereocenters. The number of unbranched alkanes of at least 4 members (excludes halogenated alkanes) is 3. The van der Waals surface area contributed by atoms with Crippen LogP contribution in [-0.4, -0.2) is 23.7 Å². The van der Waals surface area contributed by atoms with Gasteiger partial charge in [-0.1, -0.05) is 80.8 Å². The normalized spacial score (nSPS) is 12.1. The number of hydrogen-bond acceptors (Lipinski definition) is 3. The van der Waals surface area contributed by atoms with Gasteiger partial charge in [-0.25, -0.2) is 4.79 Å². The maximum absolute atomic E-state index is 11.7. The van der Waals surface area contributed by atoms with Crippen molar-refractivity contribution in [1.29, 1.82) is 5.41 Å². The molecule has 2 aromatic carbocycles. The number of esters is 1. The van der Waals surface area contributed by atoms with Crippen LogP contribution in [0.5, 0.6) is 0 Å². The van der Waals surface area contributed by atoms with Gasteiger partial charge in [0.15, 0.2) is 0 Å². The molecule has 0 aliphatic heterocycles. The summed E-state index contributed by atoms with van der Waals surface area (Å²) >= 11 is 6.44. The molecule has 0 saturated heterocycles. The molecule has 1 atom stereocenters. The molecule has 0 radical (unpaired) electrons. The monoisotopic (exact) mass is 411 g/mol. The van der Waals surface area contributed by atoms with Crippen molar-refractivity contribution in [1.82, 2.24) is 0 Å². The van der Waals surface area contributed by atoms with Crippen molar-refractivity contribution in [2.24, 2.45) is 0 Å². The van der Waals surface area contributed by atoms with Gasteiger partial charge in [0.2, 0.25) is 0 Å². The second kappa shape index (κ2) is 12.9. The molecular weight excluding hydrogens is 382 g/mol. The first-order chi connectivity index (χ1) is 14.1. The van der Waals surface area contributed by atoms with E-state index in [2.05, 4.69) is 6.92 Å². The Kier molecular flexibility index (Phi) is 10.2. The number of halogens is 1. The standard InChI is InChI=1S/C25H30ClNO2/c1-2-3-4-8-17-29-25(28)16-15-20-11-13-22(14-12-20)18-23(26)24(27)19-21-9-6-5-7-10-21/h5-7,9-16,23,27H,2-4,8,17-19H2,1H3. The van der Waals surface area contributed by atoms with E-state index >= 15 is 0 Å². The average molecular weight is 412 g/mol. The quantitative estimate of drug-likeness (QED) is 0.148. The summed E-state index contributed by atoms with van der Waals surface area (Å²) in [6.45, 7) is 2.64. The third kappa shape index (κ3) is 9.10. The molecule has 0 spiro atoms. The van der Waals surface area contributed by atoms with Crippen molar-refractivity contribution < 1.29 is 9.53 Å². The molecule has 0 heterocycles. The molecule has 0 aromatic heterocycles. The van der Waals surface area contributed by atoms with Crippen LogP contribution in [0.1, 0.15) is 49.3 Å². The van der Waals surface area contributed by atoms with Crippen molar-refractivity contribution in [3.8, 4) is 0 Å². The Bertz CT molecular complexity index is 784. The minimum atomic E-state index is -0.334. The summed E-state index contributed by atoms with van der Waals surface area (Å²) in [5, 5.41) is 7.90. The largest absolute Gasteiger partial charge is 0.463 e. The van der Waals surface area contributed by atoms with Crippen LogP contribution in [0.25, 0.3) is 6.08 Å². The number of carbonyl (C=O) groups is 1. The van der Waals surface area contributed by atoms with E-state index in [9.17, 15) is 4.79 Å². The molecule has 4 heteroatoms. The molecule has 2 rings (SSSR count). The Morgan fingerprint density at radius 2 is 1.76 bits per heavy atom. The SMILES string of the molecule is CCCCCCOC(=O)C=Cc1ccc(CC(Cl)C(=N)Cc2ccccc2)cc1. The van der Waals surface area contributed by atoms with Crippen molar-refractivity contribution in [3.05, 3.63) is 77.4 Å². The maximum Gasteiger partial charge on any atom is 0.330 e. The number of alkyl halides is 1. The van der Waals surface area contributed by atoms with E-state index in [1.807, 2.05) is 54.6 Å². The second-order valence-electron chi connectivity index (χ2n) is 7.16. The first kappa shape index (κ1) is 22.9. The summed E-state index contributed by atoms with van der Waals surface area (Å²) in [4.78, 5) is 11.7. The lowest BCUT2D eigenvalue weighted by Crippen LogP contribution is -2.18. The Balaban J connectivity index is 1.77. The van der Waals surface area contributed by atoms with Crippen LogP contribution in [0.4, 0.5) is 0 Å². The fourth-order valence-corrected chi connectivity index (χ4v) is 3.19. The summed E-state index contributed by atoms with van der Waals surface area (Å²) < 4.78 is 5.20. The van der Waals surface area contributed by atoms with Crippen LogP contribution >= 0.6 is 11.6 Å². The molecule has 154 valence electrons. The Morgan fingerprint density at radius 1 is 1.03 bits per heavy atom. The van der Waals surface area contributed by atoms with Crippen molar-refractivity contribution in [2.75, 3.05) is 6.61 Å². The van der Waals surface area contributed by atoms with E-state index in [0.29, 0.717) is 25.2 Å². The molecule has 0 aliphatic rings. The molecular formula is C25H30ClNO2. The van der Waals surface area contributed by atoms with Gasteiger partial charge >= 0.3 is 5.97 Å². The number of carbonyl (C=O) groups excluding carboxylic acids is 1. The molecule has 0 bridgehead atoms. The highest BCUT2D eigenvalue weighted by Gasteiger charge is 2.12. The van der Waals surface area contributed by atoms with Gasteiger partial charge < -0.3 is 10.1 Å². The molecule has 3 nitrogen and oxygen atoms in total. The van der Waals surface area contributed by atoms with Gasteiger partial charge in [-0.15, -0.1) is 11.6 Å². The summed E-state index contributed by atoms with van der Waals surface area (Å²) in [5.41, 5.74) is 3.62. The smallest absolute Gasteiger partial charge is 0.330 e. The lowest BCUT2D eigenvalue weighted by atomic mass is 10.0. The maximum atomic E-state index is 11.7. The van der Waals surface area contributed by atoms with Crippen LogP contribution in [0.2, 0.25) is 0 Å². The van der Waals surface area contributed by atoms with Gasteiger partial charge in [0.25, 0.3) is 0 Å². The Hall–Kier alpha value is -2.39. The van der Waals surface area contributed by atoms with Gasteiger partial charge in [-0.3, -0.25) is 0 Å². The fourth-order valence-electron chi connectivity index (χ4n) is 2.94. The summed E-state index contributed by atoms with van der Waals surface area (Å²) in [6, 6.07) is 17.8. The van der Waals surface area contributed by atoms with Crippen LogP contribution in [-0.2, 0) is 22.4 Å². The van der Waals surface area contributed by atoms with Crippen molar-refractivity contribution >= 4 is 29.4 Å². The van der Waals surface area contributed by atoms with E-state index in [1.54, 1.807) is 6.08 Å². The first-order valence-corrected chi connectivity index (χ1v) is 10.7. The van der Waals surface area contributed by atoms with Crippen LogP contribution in [0, 0.1) is 5.41 Å². The summed E-state index contributed by atoms with van der Waals surface area (Å²) in [5.74, 6) is -0.305. The zero-order valence-electron chi connectivity index (χ0n) is 17.1. The van der Waals surface area contributed by atoms with Gasteiger partial charge in [0.1, 0.15) is 0 Å². The highest BCUT2D eigenvalue weighted by Crippen LogP contribution is 2.14. The Labute approximate surface area is 179 Å². The minimum absolute atomic E-state index is 0.305. The van der Waals surface area contributed by atoms with Gasteiger partial charge in [0, 0.05) is 18.2 Å². The number of benzene rings is 2. The molecule has 29 heavy (non-hydrogen) atoms. The highest BCUT2D eigenvalue weighted by atomic mass is 35.5. The van der Waals surface area contributed by atoms with Gasteiger partial charge in [-0.05, 0) is 35.6 Å². The van der Waals surface area contributed by atoms with Crippen LogP contribution in [0.3, 0.4) is 0 Å². The van der Waals surface area contributed by atoms with E-state index < -0.39 is 0 Å². The number of nitrogens with one attached hydrogen (secondary N) is 1. The number of rotatable bonds is 12. The Morgan fingerprint density at radius 3 is 2.45 bits per heavy atom. The minimum Gasteiger partial charge on any atom is -0.463 e. The highest BCUT2D eigenvalue weighted by molar-refractivity contribution is 6.31. The third-order valence-electron chi connectivity index (χ3n) is 4.66. The predicted octanol–water partition coefficient (Wildman–Crippen LogP) is 6.24. The average Bonchev–Trinajstić information content (AvgIpc) is 2.73. The van der Waals surface area contributed by atoms with E-state index in [-0.39, 0.29) is 11.3 Å². The van der Waals surface area contributed by atoms with E-state index in [4.69, 9.17) is 21.7 Å². The fraction of sp³-hybridized carbons (Fsp3) is 0.360. The number of ether oxygens (including phenoxy) is 1. The lowest BCUT2D eigenvalue weighted by molar-refractivity contribution is -0.137. The molecule has 2 aromatic rings. The second-order valence-corrected chi connectivity index (χ2v) is 7.69. The van der Waals surface area contributed by atoms with E-state index in [1.165, 1.54) is 18.9 Å². The molecule has 0 amide bonds. The van der Waals surface area contributed by atoms with E-state index in [0.717, 1.165) is 29.5 Å². The summed E-state index contributed by atoms with van der Waals surface area (Å²) in [6.07, 6.45) is 8.76. The van der Waals surface area contributed by atoms with Crippen LogP contribution in [0.15, 0.2) is 60.7 Å². The summed E-state index contributed by atoms with van der Waals surface area (Å²) in [7, 11) is 0. The lowest BCUT2D eigenvalue weighted by Gasteiger charge is -2.12. The zero-order valence-corrected chi connectivity index (χ0v) is 17.8. The number of hydrogen-bond donors (Lipinski definition) is 1. The van der Waals surface area contributed by atoms with Crippen molar-refractivity contribution in [2.45, 2.75) is 50.8 Å².